The maximum Gasteiger partial charge on any atom is 0.338 e. The van der Waals surface area contributed by atoms with Gasteiger partial charge in [0.15, 0.2) is 0 Å². The zero-order valence-corrected chi connectivity index (χ0v) is 9.95. The van der Waals surface area contributed by atoms with E-state index in [1.807, 2.05) is 0 Å². The Kier molecular flexibility index (Phi) is 4.58. The highest BCUT2D eigenvalue weighted by atomic mass is 35.5. The van der Waals surface area contributed by atoms with Crippen molar-refractivity contribution in [2.75, 3.05) is 19.5 Å². The Morgan fingerprint density at radius 2 is 2.25 bits per heavy atom. The molecule has 1 atom stereocenters. The van der Waals surface area contributed by atoms with Gasteiger partial charge in [0.25, 0.3) is 0 Å². The molecule has 1 unspecified atom stereocenters. The lowest BCUT2D eigenvalue weighted by molar-refractivity contribution is 0.0120. The van der Waals surface area contributed by atoms with E-state index >= 15 is 0 Å². The van der Waals surface area contributed by atoms with E-state index in [9.17, 15) is 4.79 Å². The first-order chi connectivity index (χ1) is 7.54. The lowest BCUT2D eigenvalue weighted by Gasteiger charge is -2.12. The van der Waals surface area contributed by atoms with Gasteiger partial charge in [-0.15, -0.1) is 0 Å². The summed E-state index contributed by atoms with van der Waals surface area (Å²) in [6, 6.07) is 4.63. The van der Waals surface area contributed by atoms with Crippen molar-refractivity contribution in [2.24, 2.45) is 0 Å². The predicted molar refractivity (Wildman–Crippen MR) is 62.6 cm³/mol. The van der Waals surface area contributed by atoms with E-state index in [-0.39, 0.29) is 6.10 Å². The van der Waals surface area contributed by atoms with Gasteiger partial charge >= 0.3 is 5.97 Å². The SMILES string of the molecule is COCC(C)OC(=O)c1ccc(N)c(Cl)c1. The molecule has 16 heavy (non-hydrogen) atoms. The van der Waals surface area contributed by atoms with E-state index in [0.29, 0.717) is 22.9 Å². The smallest absolute Gasteiger partial charge is 0.338 e. The Morgan fingerprint density at radius 3 is 2.81 bits per heavy atom. The second-order valence-electron chi connectivity index (χ2n) is 3.41. The van der Waals surface area contributed by atoms with E-state index in [1.165, 1.54) is 6.07 Å². The summed E-state index contributed by atoms with van der Waals surface area (Å²) in [5.41, 5.74) is 6.34. The Balaban J connectivity index is 2.69. The van der Waals surface area contributed by atoms with Crippen LogP contribution >= 0.6 is 11.6 Å². The summed E-state index contributed by atoms with van der Waals surface area (Å²) in [6.07, 6.45) is -0.297. The summed E-state index contributed by atoms with van der Waals surface area (Å²) in [5, 5.41) is 0.342. The van der Waals surface area contributed by atoms with E-state index in [0.717, 1.165) is 0 Å². The number of methoxy groups -OCH3 is 1. The van der Waals surface area contributed by atoms with Crippen molar-refractivity contribution in [3.8, 4) is 0 Å². The van der Waals surface area contributed by atoms with Gasteiger partial charge in [-0.3, -0.25) is 0 Å². The number of nitrogen functional groups attached to an aromatic ring is 1. The highest BCUT2D eigenvalue weighted by molar-refractivity contribution is 6.33. The average molecular weight is 244 g/mol. The molecular formula is C11H14ClNO3. The molecule has 0 aromatic heterocycles. The maximum atomic E-state index is 11.6. The maximum absolute atomic E-state index is 11.6. The van der Waals surface area contributed by atoms with Crippen LogP contribution in [0.25, 0.3) is 0 Å². The number of benzene rings is 1. The second-order valence-corrected chi connectivity index (χ2v) is 3.81. The van der Waals surface area contributed by atoms with Crippen LogP contribution in [0.4, 0.5) is 5.69 Å². The number of carbonyl (C=O) groups excluding carboxylic acids is 1. The quantitative estimate of drug-likeness (QED) is 0.650. The largest absolute Gasteiger partial charge is 0.457 e. The Hall–Kier alpha value is -1.26. The molecule has 1 aromatic carbocycles. The third kappa shape index (κ3) is 3.40. The summed E-state index contributed by atoms with van der Waals surface area (Å²) in [7, 11) is 1.55. The number of halogens is 1. The van der Waals surface area contributed by atoms with E-state index < -0.39 is 5.97 Å². The number of hydrogen-bond acceptors (Lipinski definition) is 4. The molecule has 0 saturated carbocycles. The number of anilines is 1. The minimum Gasteiger partial charge on any atom is -0.457 e. The van der Waals surface area contributed by atoms with Crippen LogP contribution in [0.2, 0.25) is 5.02 Å². The molecule has 0 fully saturated rings. The minimum absolute atomic E-state index is 0.297. The molecule has 0 spiro atoms. The van der Waals surface area contributed by atoms with Crippen LogP contribution in [0.3, 0.4) is 0 Å². The number of nitrogens with two attached hydrogens (primary N) is 1. The third-order valence-electron chi connectivity index (χ3n) is 1.95. The van der Waals surface area contributed by atoms with Crippen molar-refractivity contribution >= 4 is 23.3 Å². The van der Waals surface area contributed by atoms with Gasteiger partial charge in [0.1, 0.15) is 6.10 Å². The standard InChI is InChI=1S/C11H14ClNO3/c1-7(6-15-2)16-11(14)8-3-4-10(13)9(12)5-8/h3-5,7H,6,13H2,1-2H3. The highest BCUT2D eigenvalue weighted by Crippen LogP contribution is 2.20. The normalized spacial score (nSPS) is 12.2. The topological polar surface area (TPSA) is 61.5 Å². The Labute approximate surface area is 99.3 Å². The first-order valence-corrected chi connectivity index (χ1v) is 5.17. The first kappa shape index (κ1) is 12.8. The molecule has 5 heteroatoms. The fourth-order valence-corrected chi connectivity index (χ4v) is 1.35. The summed E-state index contributed by atoms with van der Waals surface area (Å²) in [4.78, 5) is 11.6. The van der Waals surface area contributed by atoms with E-state index in [1.54, 1.807) is 26.2 Å². The molecule has 88 valence electrons. The molecule has 2 N–H and O–H groups in total. The highest BCUT2D eigenvalue weighted by Gasteiger charge is 2.12. The minimum atomic E-state index is -0.438. The fourth-order valence-electron chi connectivity index (χ4n) is 1.17. The molecule has 0 aliphatic rings. The third-order valence-corrected chi connectivity index (χ3v) is 2.27. The van der Waals surface area contributed by atoms with Gasteiger partial charge in [-0.25, -0.2) is 4.79 Å². The van der Waals surface area contributed by atoms with Gasteiger partial charge in [-0.2, -0.15) is 0 Å². The number of ether oxygens (including phenoxy) is 2. The van der Waals surface area contributed by atoms with Gasteiger partial charge in [0.05, 0.1) is 22.9 Å². The average Bonchev–Trinajstić information content (AvgIpc) is 2.22. The fraction of sp³-hybridized carbons (Fsp3) is 0.364. The van der Waals surface area contributed by atoms with Gasteiger partial charge in [0, 0.05) is 7.11 Å². The molecule has 0 heterocycles. The van der Waals surface area contributed by atoms with Crippen LogP contribution in [-0.4, -0.2) is 25.8 Å². The van der Waals surface area contributed by atoms with Crippen molar-refractivity contribution < 1.29 is 14.3 Å². The lowest BCUT2D eigenvalue weighted by atomic mass is 10.2. The molecule has 1 aromatic rings. The van der Waals surface area contributed by atoms with Crippen molar-refractivity contribution in [3.05, 3.63) is 28.8 Å². The van der Waals surface area contributed by atoms with Crippen LogP contribution in [-0.2, 0) is 9.47 Å². The van der Waals surface area contributed by atoms with Gasteiger partial charge in [0.2, 0.25) is 0 Å². The molecule has 0 aliphatic heterocycles. The summed E-state index contributed by atoms with van der Waals surface area (Å²) >= 11 is 5.80. The molecule has 1 rings (SSSR count). The van der Waals surface area contributed by atoms with Crippen LogP contribution in [0.1, 0.15) is 17.3 Å². The van der Waals surface area contributed by atoms with Gasteiger partial charge in [-0.1, -0.05) is 11.6 Å². The monoisotopic (exact) mass is 243 g/mol. The molecular weight excluding hydrogens is 230 g/mol. The van der Waals surface area contributed by atoms with Crippen molar-refractivity contribution in [1.82, 2.24) is 0 Å². The Bertz CT molecular complexity index is 381. The van der Waals surface area contributed by atoms with Crippen LogP contribution < -0.4 is 5.73 Å². The number of carbonyl (C=O) groups is 1. The number of hydrogen-bond donors (Lipinski definition) is 1. The van der Waals surface area contributed by atoms with E-state index in [2.05, 4.69) is 0 Å². The van der Waals surface area contributed by atoms with Crippen LogP contribution in [0.15, 0.2) is 18.2 Å². The first-order valence-electron chi connectivity index (χ1n) is 4.79. The molecule has 0 amide bonds. The molecule has 0 aliphatic carbocycles. The summed E-state index contributed by atoms with van der Waals surface area (Å²) < 4.78 is 9.97. The molecule has 0 bridgehead atoms. The predicted octanol–water partition coefficient (Wildman–Crippen LogP) is 2.11. The summed E-state index contributed by atoms with van der Waals surface area (Å²) in [5.74, 6) is -0.438. The second kappa shape index (κ2) is 5.72. The lowest BCUT2D eigenvalue weighted by Crippen LogP contribution is -2.19. The van der Waals surface area contributed by atoms with Crippen molar-refractivity contribution in [1.29, 1.82) is 0 Å². The van der Waals surface area contributed by atoms with Crippen molar-refractivity contribution in [3.63, 3.8) is 0 Å². The van der Waals surface area contributed by atoms with Gasteiger partial charge in [-0.05, 0) is 25.1 Å². The summed E-state index contributed by atoms with van der Waals surface area (Å²) in [6.45, 7) is 2.11. The number of rotatable bonds is 4. The number of esters is 1. The Morgan fingerprint density at radius 1 is 1.56 bits per heavy atom. The zero-order chi connectivity index (χ0) is 12.1. The molecule has 4 nitrogen and oxygen atoms in total. The van der Waals surface area contributed by atoms with E-state index in [4.69, 9.17) is 26.8 Å². The van der Waals surface area contributed by atoms with Crippen LogP contribution in [0, 0.1) is 0 Å². The van der Waals surface area contributed by atoms with Crippen LogP contribution in [0.5, 0.6) is 0 Å². The zero-order valence-electron chi connectivity index (χ0n) is 9.20. The van der Waals surface area contributed by atoms with Crippen molar-refractivity contribution in [2.45, 2.75) is 13.0 Å². The molecule has 0 radical (unpaired) electrons. The molecule has 0 saturated heterocycles. The van der Waals surface area contributed by atoms with Gasteiger partial charge < -0.3 is 15.2 Å².